The van der Waals surface area contributed by atoms with E-state index in [2.05, 4.69) is 9.51 Å². The summed E-state index contributed by atoms with van der Waals surface area (Å²) < 4.78 is 6.01. The van der Waals surface area contributed by atoms with Gasteiger partial charge < -0.3 is 9.63 Å². The fraction of sp³-hybridized carbons (Fsp3) is 0.214. The summed E-state index contributed by atoms with van der Waals surface area (Å²) >= 11 is 0. The Balaban J connectivity index is 2.01. The van der Waals surface area contributed by atoms with Crippen molar-refractivity contribution in [2.24, 2.45) is 0 Å². The number of benzene rings is 1. The molecule has 1 aromatic carbocycles. The molecule has 7 heteroatoms. The highest BCUT2D eigenvalue weighted by Gasteiger charge is 2.13. The molecule has 2 N–H and O–H groups in total. The van der Waals surface area contributed by atoms with Crippen LogP contribution < -0.4 is 11.1 Å². The minimum absolute atomic E-state index is 0.120. The average Bonchev–Trinajstić information content (AvgIpc) is 2.78. The highest BCUT2D eigenvalue weighted by Crippen LogP contribution is 2.13. The normalized spacial score (nSPS) is 11.1. The molecule has 0 amide bonds. The van der Waals surface area contributed by atoms with Gasteiger partial charge in [-0.1, -0.05) is 12.1 Å². The summed E-state index contributed by atoms with van der Waals surface area (Å²) in [5.74, 6) is 0.109. The van der Waals surface area contributed by atoms with E-state index in [4.69, 9.17) is 0 Å². The van der Waals surface area contributed by atoms with Crippen molar-refractivity contribution in [2.45, 2.75) is 19.9 Å². The van der Waals surface area contributed by atoms with Gasteiger partial charge in [0.25, 0.3) is 11.1 Å². The van der Waals surface area contributed by atoms with Gasteiger partial charge >= 0.3 is 5.95 Å². The van der Waals surface area contributed by atoms with Crippen LogP contribution in [0.1, 0.15) is 11.4 Å². The maximum absolute atomic E-state index is 12.4. The molecule has 0 radical (unpaired) electrons. The second-order valence-corrected chi connectivity index (χ2v) is 4.70. The molecule has 0 aliphatic rings. The molecule has 0 atom stereocenters. The van der Waals surface area contributed by atoms with Crippen molar-refractivity contribution >= 4 is 10.9 Å². The number of hydrogen-bond acceptors (Lipinski definition) is 5. The summed E-state index contributed by atoms with van der Waals surface area (Å²) in [6, 6.07) is 7.09. The molecule has 2 heterocycles. The van der Waals surface area contributed by atoms with Crippen molar-refractivity contribution in [1.29, 1.82) is 0 Å². The van der Waals surface area contributed by atoms with Gasteiger partial charge in [0, 0.05) is 13.0 Å². The summed E-state index contributed by atoms with van der Waals surface area (Å²) in [5.41, 5.74) is 0.0965. The molecule has 0 spiro atoms. The van der Waals surface area contributed by atoms with E-state index in [1.54, 1.807) is 25.1 Å². The largest absolute Gasteiger partial charge is 0.479 e. The van der Waals surface area contributed by atoms with E-state index in [1.807, 2.05) is 11.2 Å². The molecule has 7 nitrogen and oxygen atoms in total. The average molecular weight is 287 g/mol. The van der Waals surface area contributed by atoms with Crippen molar-refractivity contribution in [3.8, 4) is 5.95 Å². The number of rotatable bonds is 3. The zero-order chi connectivity index (χ0) is 15.0. The monoisotopic (exact) mass is 287 g/mol. The Morgan fingerprint density at radius 3 is 2.81 bits per heavy atom. The molecule has 0 aliphatic carbocycles. The molecular formula is C14H13N3O4. The van der Waals surface area contributed by atoms with Gasteiger partial charge in [0.05, 0.1) is 10.9 Å². The summed E-state index contributed by atoms with van der Waals surface area (Å²) in [4.78, 5) is 28.2. The van der Waals surface area contributed by atoms with Crippen molar-refractivity contribution < 1.29 is 9.63 Å². The number of aromatic nitrogens is 3. The Bertz CT molecular complexity index is 920. The fourth-order valence-corrected chi connectivity index (χ4v) is 2.30. The third kappa shape index (κ3) is 2.22. The number of H-pyrrole nitrogens is 1. The van der Waals surface area contributed by atoms with Crippen LogP contribution in [0.2, 0.25) is 0 Å². The Kier molecular flexibility index (Phi) is 3.09. The van der Waals surface area contributed by atoms with E-state index in [1.165, 1.54) is 4.57 Å². The SMILES string of the molecule is Cc1nc2ccccc2c(=O)n1CCc1c(O)o[nH]c1=O. The highest BCUT2D eigenvalue weighted by atomic mass is 16.6. The quantitative estimate of drug-likeness (QED) is 0.746. The van der Waals surface area contributed by atoms with E-state index < -0.39 is 11.5 Å². The first-order valence-electron chi connectivity index (χ1n) is 6.43. The first kappa shape index (κ1) is 13.2. The lowest BCUT2D eigenvalue weighted by Crippen LogP contribution is -2.25. The molecule has 2 aromatic heterocycles. The van der Waals surface area contributed by atoms with Gasteiger partial charge in [0.2, 0.25) is 0 Å². The molecule has 0 fully saturated rings. The Morgan fingerprint density at radius 1 is 1.33 bits per heavy atom. The molecule has 0 saturated carbocycles. The van der Waals surface area contributed by atoms with Crippen LogP contribution in [0.3, 0.4) is 0 Å². The van der Waals surface area contributed by atoms with Crippen LogP contribution in [0.5, 0.6) is 5.95 Å². The smallest absolute Gasteiger partial charge is 0.313 e. The van der Waals surface area contributed by atoms with Crippen LogP contribution in [0.25, 0.3) is 10.9 Å². The van der Waals surface area contributed by atoms with Gasteiger partial charge in [-0.05, 0) is 19.1 Å². The lowest BCUT2D eigenvalue weighted by Gasteiger charge is -2.09. The Morgan fingerprint density at radius 2 is 2.10 bits per heavy atom. The van der Waals surface area contributed by atoms with Crippen molar-refractivity contribution in [2.75, 3.05) is 0 Å². The number of aryl methyl sites for hydroxylation is 1. The van der Waals surface area contributed by atoms with E-state index in [0.717, 1.165) is 0 Å². The van der Waals surface area contributed by atoms with Gasteiger partial charge in [-0.15, -0.1) is 0 Å². The summed E-state index contributed by atoms with van der Waals surface area (Å²) in [6.07, 6.45) is 0.179. The van der Waals surface area contributed by atoms with Gasteiger partial charge in [0.1, 0.15) is 11.4 Å². The molecule has 0 aliphatic heterocycles. The van der Waals surface area contributed by atoms with Crippen LogP contribution in [-0.4, -0.2) is 19.8 Å². The van der Waals surface area contributed by atoms with Gasteiger partial charge in [-0.3, -0.25) is 14.2 Å². The summed E-state index contributed by atoms with van der Waals surface area (Å²) in [5, 5.41) is 12.0. The van der Waals surface area contributed by atoms with E-state index in [0.29, 0.717) is 16.7 Å². The zero-order valence-electron chi connectivity index (χ0n) is 11.3. The third-order valence-corrected chi connectivity index (χ3v) is 3.41. The first-order chi connectivity index (χ1) is 10.1. The van der Waals surface area contributed by atoms with Gasteiger partial charge in [0.15, 0.2) is 0 Å². The lowest BCUT2D eigenvalue weighted by molar-refractivity contribution is 0.273. The second kappa shape index (κ2) is 4.93. The highest BCUT2D eigenvalue weighted by molar-refractivity contribution is 5.77. The number of para-hydroxylation sites is 1. The molecular weight excluding hydrogens is 274 g/mol. The van der Waals surface area contributed by atoms with E-state index >= 15 is 0 Å². The second-order valence-electron chi connectivity index (χ2n) is 4.70. The summed E-state index contributed by atoms with van der Waals surface area (Å²) in [7, 11) is 0. The minimum atomic E-state index is -0.494. The number of aromatic amines is 1. The van der Waals surface area contributed by atoms with Crippen molar-refractivity contribution in [1.82, 2.24) is 14.7 Å². The number of nitrogens with zero attached hydrogens (tertiary/aromatic N) is 2. The standard InChI is InChI=1S/C14H13N3O4/c1-8-15-11-5-3-2-4-9(11)13(19)17(8)7-6-10-12(18)16-21-14(10)20/h2-5,20H,6-7H2,1H3,(H,16,18). The molecule has 21 heavy (non-hydrogen) atoms. The van der Waals surface area contributed by atoms with Crippen molar-refractivity contribution in [3.05, 3.63) is 56.4 Å². The Hall–Kier alpha value is -2.83. The zero-order valence-corrected chi connectivity index (χ0v) is 11.3. The number of hydrogen-bond donors (Lipinski definition) is 2. The molecule has 0 bridgehead atoms. The van der Waals surface area contributed by atoms with Crippen LogP contribution in [0.15, 0.2) is 38.4 Å². The minimum Gasteiger partial charge on any atom is -0.479 e. The van der Waals surface area contributed by atoms with Gasteiger partial charge in [-0.2, -0.15) is 5.16 Å². The predicted molar refractivity (Wildman–Crippen MR) is 75.4 cm³/mol. The molecule has 0 saturated heterocycles. The fourth-order valence-electron chi connectivity index (χ4n) is 2.30. The first-order valence-corrected chi connectivity index (χ1v) is 6.43. The van der Waals surface area contributed by atoms with E-state index in [9.17, 15) is 14.7 Å². The van der Waals surface area contributed by atoms with E-state index in [-0.39, 0.29) is 24.1 Å². The molecule has 3 aromatic rings. The third-order valence-electron chi connectivity index (χ3n) is 3.41. The maximum Gasteiger partial charge on any atom is 0.313 e. The predicted octanol–water partition coefficient (Wildman–Crippen LogP) is 0.935. The van der Waals surface area contributed by atoms with Crippen LogP contribution >= 0.6 is 0 Å². The van der Waals surface area contributed by atoms with Crippen molar-refractivity contribution in [3.63, 3.8) is 0 Å². The summed E-state index contributed by atoms with van der Waals surface area (Å²) in [6.45, 7) is 1.96. The number of nitrogens with one attached hydrogen (secondary N) is 1. The topological polar surface area (TPSA) is 101 Å². The number of fused-ring (bicyclic) bond motifs is 1. The van der Waals surface area contributed by atoms with Crippen LogP contribution in [-0.2, 0) is 13.0 Å². The molecule has 108 valence electrons. The number of aromatic hydroxyl groups is 1. The maximum atomic E-state index is 12.4. The van der Waals surface area contributed by atoms with Crippen LogP contribution in [0.4, 0.5) is 0 Å². The Labute approximate surface area is 118 Å². The van der Waals surface area contributed by atoms with Crippen LogP contribution in [0, 0.1) is 6.92 Å². The lowest BCUT2D eigenvalue weighted by atomic mass is 10.2. The van der Waals surface area contributed by atoms with Gasteiger partial charge in [-0.25, -0.2) is 4.98 Å². The molecule has 0 unspecified atom stereocenters. The molecule has 3 rings (SSSR count).